The molecule has 0 radical (unpaired) electrons. The van der Waals surface area contributed by atoms with Gasteiger partial charge in [0.1, 0.15) is 0 Å². The Balaban J connectivity index is 1.52. The van der Waals surface area contributed by atoms with Gasteiger partial charge in [-0.3, -0.25) is 4.31 Å². The topological polar surface area (TPSA) is 37.4 Å². The Hall–Kier alpha value is -3.11. The van der Waals surface area contributed by atoms with Gasteiger partial charge in [0.25, 0.3) is 10.0 Å². The Morgan fingerprint density at radius 1 is 0.667 bits per heavy atom. The molecule has 0 saturated heterocycles. The van der Waals surface area contributed by atoms with Gasteiger partial charge in [-0.15, -0.1) is 0 Å². The van der Waals surface area contributed by atoms with Gasteiger partial charge in [0.15, 0.2) is 0 Å². The summed E-state index contributed by atoms with van der Waals surface area (Å²) in [5, 5.41) is 1.77. The van der Waals surface area contributed by atoms with Crippen molar-refractivity contribution in [1.82, 2.24) is 0 Å². The van der Waals surface area contributed by atoms with E-state index >= 15 is 0 Å². The van der Waals surface area contributed by atoms with Crippen LogP contribution in [0.2, 0.25) is 0 Å². The number of hydrogen-bond donors (Lipinski definition) is 0. The van der Waals surface area contributed by atoms with Gasteiger partial charge in [-0.2, -0.15) is 0 Å². The first kappa shape index (κ1) is 16.1. The van der Waals surface area contributed by atoms with E-state index in [2.05, 4.69) is 12.1 Å². The molecule has 1 aliphatic heterocycles. The van der Waals surface area contributed by atoms with E-state index in [1.165, 1.54) is 4.31 Å². The van der Waals surface area contributed by atoms with Crippen LogP contribution in [0.4, 0.5) is 5.69 Å². The maximum Gasteiger partial charge on any atom is 0.265 e. The summed E-state index contributed by atoms with van der Waals surface area (Å²) >= 11 is 0. The molecular weight excluding hydrogens is 354 g/mol. The minimum absolute atomic E-state index is 0.325. The molecule has 4 aromatic carbocycles. The third-order valence-electron chi connectivity index (χ3n) is 5.07. The van der Waals surface area contributed by atoms with E-state index in [-0.39, 0.29) is 0 Å². The zero-order chi connectivity index (χ0) is 18.4. The standard InChI is InChI=1S/C23H17NO2S/c25-27(26)22-11-5-9-20-8-4-10-21(23(20)22)24(27)16-17-12-14-19(15-13-17)18-6-2-1-3-7-18/h1-15H,16H2. The van der Waals surface area contributed by atoms with Gasteiger partial charge in [0.05, 0.1) is 17.1 Å². The number of hydrogen-bond acceptors (Lipinski definition) is 2. The van der Waals surface area contributed by atoms with Gasteiger partial charge in [-0.05, 0) is 34.2 Å². The molecule has 0 aliphatic carbocycles. The van der Waals surface area contributed by atoms with Crippen molar-refractivity contribution in [3.8, 4) is 11.1 Å². The molecule has 0 N–H and O–H groups in total. The first-order valence-electron chi connectivity index (χ1n) is 8.83. The number of rotatable bonds is 3. The van der Waals surface area contributed by atoms with E-state index in [1.54, 1.807) is 12.1 Å². The second-order valence-corrected chi connectivity index (χ2v) is 8.54. The minimum Gasteiger partial charge on any atom is -0.261 e. The number of benzene rings is 4. The van der Waals surface area contributed by atoms with E-state index in [4.69, 9.17) is 0 Å². The van der Waals surface area contributed by atoms with Gasteiger partial charge in [-0.25, -0.2) is 8.42 Å². The normalized spacial score (nSPS) is 14.6. The quantitative estimate of drug-likeness (QED) is 0.495. The molecule has 0 amide bonds. The highest BCUT2D eigenvalue weighted by Gasteiger charge is 2.35. The Morgan fingerprint density at radius 3 is 2.07 bits per heavy atom. The molecule has 0 aromatic heterocycles. The first-order chi connectivity index (χ1) is 13.1. The van der Waals surface area contributed by atoms with Gasteiger partial charge in [0.2, 0.25) is 0 Å². The molecule has 0 saturated carbocycles. The van der Waals surface area contributed by atoms with E-state index in [0.717, 1.165) is 33.2 Å². The molecular formula is C23H17NO2S. The lowest BCUT2D eigenvalue weighted by atomic mass is 10.0. The van der Waals surface area contributed by atoms with Crippen LogP contribution in [0.25, 0.3) is 21.9 Å². The second kappa shape index (κ2) is 5.96. The lowest BCUT2D eigenvalue weighted by molar-refractivity contribution is 0.593. The van der Waals surface area contributed by atoms with E-state index < -0.39 is 10.0 Å². The first-order valence-corrected chi connectivity index (χ1v) is 10.3. The average Bonchev–Trinajstić information content (AvgIpc) is 2.93. The summed E-state index contributed by atoms with van der Waals surface area (Å²) in [6.07, 6.45) is 0. The molecule has 4 heteroatoms. The average molecular weight is 371 g/mol. The zero-order valence-corrected chi connectivity index (χ0v) is 15.4. The second-order valence-electron chi connectivity index (χ2n) is 6.71. The highest BCUT2D eigenvalue weighted by Crippen LogP contribution is 2.42. The van der Waals surface area contributed by atoms with Crippen LogP contribution in [0.15, 0.2) is 95.9 Å². The summed E-state index contributed by atoms with van der Waals surface area (Å²) in [5.74, 6) is 0. The molecule has 0 bridgehead atoms. The highest BCUT2D eigenvalue weighted by molar-refractivity contribution is 7.93. The molecule has 3 nitrogen and oxygen atoms in total. The predicted octanol–water partition coefficient (Wildman–Crippen LogP) is 5.22. The lowest BCUT2D eigenvalue weighted by Crippen LogP contribution is -2.26. The van der Waals surface area contributed by atoms with Crippen LogP contribution in [0.3, 0.4) is 0 Å². The van der Waals surface area contributed by atoms with E-state index in [9.17, 15) is 8.42 Å². The van der Waals surface area contributed by atoms with Crippen LogP contribution < -0.4 is 4.31 Å². The number of anilines is 1. The van der Waals surface area contributed by atoms with Crippen molar-refractivity contribution in [2.24, 2.45) is 0 Å². The molecule has 4 aromatic rings. The van der Waals surface area contributed by atoms with Crippen molar-refractivity contribution >= 4 is 26.5 Å². The zero-order valence-electron chi connectivity index (χ0n) is 14.5. The summed E-state index contributed by atoms with van der Waals surface area (Å²) in [7, 11) is -3.53. The van der Waals surface area contributed by atoms with E-state index in [0.29, 0.717) is 11.4 Å². The molecule has 1 heterocycles. The molecule has 0 fully saturated rings. The largest absolute Gasteiger partial charge is 0.265 e. The Bertz CT molecular complexity index is 1240. The summed E-state index contributed by atoms with van der Waals surface area (Å²) in [6, 6.07) is 29.4. The van der Waals surface area contributed by atoms with Crippen LogP contribution in [0.5, 0.6) is 0 Å². The third-order valence-corrected chi connectivity index (χ3v) is 6.87. The molecule has 0 unspecified atom stereocenters. The Labute approximate surface area is 158 Å². The maximum atomic E-state index is 13.1. The fourth-order valence-electron chi connectivity index (χ4n) is 3.73. The van der Waals surface area contributed by atoms with Crippen LogP contribution in [0.1, 0.15) is 5.56 Å². The van der Waals surface area contributed by atoms with Gasteiger partial charge in [0, 0.05) is 5.39 Å². The Kier molecular flexibility index (Phi) is 3.55. The van der Waals surface area contributed by atoms with Crippen LogP contribution in [-0.2, 0) is 16.6 Å². The summed E-state index contributed by atoms with van der Waals surface area (Å²) in [4.78, 5) is 0.400. The molecule has 1 aliphatic rings. The SMILES string of the molecule is O=S1(=O)c2cccc3cccc(c23)N1Cc1ccc(-c2ccccc2)cc1. The van der Waals surface area contributed by atoms with Crippen LogP contribution in [0, 0.1) is 0 Å². The molecule has 5 rings (SSSR count). The van der Waals surface area contributed by atoms with Crippen molar-refractivity contribution in [1.29, 1.82) is 0 Å². The van der Waals surface area contributed by atoms with Crippen molar-refractivity contribution in [2.45, 2.75) is 11.4 Å². The van der Waals surface area contributed by atoms with Crippen molar-refractivity contribution < 1.29 is 8.42 Å². The lowest BCUT2D eigenvalue weighted by Gasteiger charge is -2.19. The van der Waals surface area contributed by atoms with Crippen LogP contribution >= 0.6 is 0 Å². The monoisotopic (exact) mass is 371 g/mol. The maximum absolute atomic E-state index is 13.1. The van der Waals surface area contributed by atoms with Crippen molar-refractivity contribution in [2.75, 3.05) is 4.31 Å². The minimum atomic E-state index is -3.53. The molecule has 27 heavy (non-hydrogen) atoms. The summed E-state index contributed by atoms with van der Waals surface area (Å²) < 4.78 is 27.7. The van der Waals surface area contributed by atoms with Crippen LogP contribution in [-0.4, -0.2) is 8.42 Å². The molecule has 0 atom stereocenters. The van der Waals surface area contributed by atoms with E-state index in [1.807, 2.05) is 66.7 Å². The van der Waals surface area contributed by atoms with Gasteiger partial charge >= 0.3 is 0 Å². The molecule has 132 valence electrons. The Morgan fingerprint density at radius 2 is 1.33 bits per heavy atom. The fourth-order valence-corrected chi connectivity index (χ4v) is 5.43. The van der Waals surface area contributed by atoms with Gasteiger partial charge < -0.3 is 0 Å². The third kappa shape index (κ3) is 2.53. The number of sulfonamides is 1. The fraction of sp³-hybridized carbons (Fsp3) is 0.0435. The number of nitrogens with zero attached hydrogens (tertiary/aromatic N) is 1. The highest BCUT2D eigenvalue weighted by atomic mass is 32.2. The van der Waals surface area contributed by atoms with Gasteiger partial charge in [-0.1, -0.05) is 78.9 Å². The molecule has 0 spiro atoms. The summed E-state index contributed by atoms with van der Waals surface area (Å²) in [5.41, 5.74) is 3.99. The summed E-state index contributed by atoms with van der Waals surface area (Å²) in [6.45, 7) is 0.325. The van der Waals surface area contributed by atoms with Crippen molar-refractivity contribution in [3.05, 3.63) is 96.6 Å². The van der Waals surface area contributed by atoms with Crippen molar-refractivity contribution in [3.63, 3.8) is 0 Å². The smallest absolute Gasteiger partial charge is 0.261 e. The predicted molar refractivity (Wildman–Crippen MR) is 109 cm³/mol.